The van der Waals surface area contributed by atoms with Crippen LogP contribution < -0.4 is 4.72 Å². The quantitative estimate of drug-likeness (QED) is 0.271. The van der Waals surface area contributed by atoms with Gasteiger partial charge in [-0.15, -0.1) is 0 Å². The van der Waals surface area contributed by atoms with Crippen LogP contribution in [0, 0.1) is 17.5 Å². The maximum Gasteiger partial charge on any atom is 0.201 e. The van der Waals surface area contributed by atoms with Gasteiger partial charge in [0.25, 0.3) is 0 Å². The summed E-state index contributed by atoms with van der Waals surface area (Å²) in [4.78, 5) is 24.3. The van der Waals surface area contributed by atoms with E-state index >= 15 is 4.39 Å². The molecule has 39 heavy (non-hydrogen) atoms. The van der Waals surface area contributed by atoms with Gasteiger partial charge in [-0.3, -0.25) is 14.5 Å². The van der Waals surface area contributed by atoms with Crippen molar-refractivity contribution in [3.05, 3.63) is 102 Å². The number of rotatable bonds is 7. The van der Waals surface area contributed by atoms with Crippen molar-refractivity contribution in [1.29, 1.82) is 0 Å². The molecule has 0 bridgehead atoms. The normalized spacial score (nSPS) is 12.4. The van der Waals surface area contributed by atoms with Gasteiger partial charge >= 0.3 is 0 Å². The van der Waals surface area contributed by atoms with Crippen molar-refractivity contribution in [2.75, 3.05) is 11.0 Å². The zero-order valence-electron chi connectivity index (χ0n) is 19.9. The number of halogens is 3. The minimum Gasteiger partial charge on any atom is -0.345 e. The third-order valence-corrected chi connectivity index (χ3v) is 7.95. The van der Waals surface area contributed by atoms with E-state index in [1.807, 2.05) is 0 Å². The summed E-state index contributed by atoms with van der Waals surface area (Å²) >= 11 is 0. The highest BCUT2D eigenvalue weighted by Gasteiger charge is 2.25. The SMILES string of the molecule is CS(=O)(=O)c1cncc(-c2cnc3[nH]cc(C(=O)c4c(F)ccc(NS(=O)c5cccc(F)c5)c4F)c3c2)c1. The van der Waals surface area contributed by atoms with Crippen LogP contribution >= 0.6 is 0 Å². The molecule has 198 valence electrons. The molecule has 0 aliphatic heterocycles. The summed E-state index contributed by atoms with van der Waals surface area (Å²) in [6, 6.07) is 9.57. The molecule has 3 heterocycles. The van der Waals surface area contributed by atoms with Gasteiger partial charge in [-0.2, -0.15) is 0 Å². The van der Waals surface area contributed by atoms with Crippen molar-refractivity contribution in [3.8, 4) is 11.1 Å². The number of benzene rings is 2. The van der Waals surface area contributed by atoms with Gasteiger partial charge in [0.15, 0.2) is 15.7 Å². The number of aromatic nitrogens is 3. The van der Waals surface area contributed by atoms with E-state index < -0.39 is 55.3 Å². The van der Waals surface area contributed by atoms with Gasteiger partial charge in [-0.25, -0.2) is 30.8 Å². The van der Waals surface area contributed by atoms with Gasteiger partial charge in [-0.1, -0.05) is 6.07 Å². The Labute approximate surface area is 222 Å². The number of nitrogens with zero attached hydrogens (tertiary/aromatic N) is 2. The summed E-state index contributed by atoms with van der Waals surface area (Å²) in [5.41, 5.74) is -0.372. The lowest BCUT2D eigenvalue weighted by atomic mass is 10.00. The minimum atomic E-state index is -3.54. The summed E-state index contributed by atoms with van der Waals surface area (Å²) in [6.45, 7) is 0. The molecular weight excluding hydrogens is 553 g/mol. The molecule has 0 saturated heterocycles. The molecule has 0 aliphatic rings. The number of nitrogens with one attached hydrogen (secondary N) is 2. The number of sulfone groups is 1. The fourth-order valence-electron chi connectivity index (χ4n) is 3.84. The Kier molecular flexibility index (Phi) is 6.78. The molecule has 0 radical (unpaired) electrons. The predicted molar refractivity (Wildman–Crippen MR) is 139 cm³/mol. The first-order chi connectivity index (χ1) is 18.5. The van der Waals surface area contributed by atoms with E-state index in [1.165, 1.54) is 49.1 Å². The number of hydrogen-bond donors (Lipinski definition) is 2. The highest BCUT2D eigenvalue weighted by molar-refractivity contribution is 7.90. The molecule has 0 aliphatic carbocycles. The molecule has 5 rings (SSSR count). The Bertz CT molecular complexity index is 1910. The topological polar surface area (TPSA) is 122 Å². The van der Waals surface area contributed by atoms with E-state index in [1.54, 1.807) is 0 Å². The summed E-state index contributed by atoms with van der Waals surface area (Å²) < 4.78 is 82.5. The molecule has 0 spiro atoms. The van der Waals surface area contributed by atoms with E-state index in [-0.39, 0.29) is 26.4 Å². The monoisotopic (exact) mass is 570 g/mol. The Balaban J connectivity index is 1.53. The van der Waals surface area contributed by atoms with Crippen molar-refractivity contribution in [1.82, 2.24) is 15.0 Å². The Hall–Kier alpha value is -4.36. The van der Waals surface area contributed by atoms with Gasteiger partial charge in [0, 0.05) is 53.1 Å². The van der Waals surface area contributed by atoms with Crippen LogP contribution in [0.25, 0.3) is 22.2 Å². The van der Waals surface area contributed by atoms with Crippen molar-refractivity contribution < 1.29 is 30.6 Å². The van der Waals surface area contributed by atoms with Gasteiger partial charge in [0.2, 0.25) is 5.78 Å². The van der Waals surface area contributed by atoms with E-state index in [0.29, 0.717) is 11.1 Å². The first-order valence-corrected chi connectivity index (χ1v) is 14.2. The number of aromatic amines is 1. The number of carbonyl (C=O) groups excluding carboxylic acids is 1. The molecule has 1 unspecified atom stereocenters. The third kappa shape index (κ3) is 5.18. The van der Waals surface area contributed by atoms with E-state index in [9.17, 15) is 26.2 Å². The molecule has 0 fully saturated rings. The lowest BCUT2D eigenvalue weighted by molar-refractivity contribution is 0.103. The molecule has 5 aromatic rings. The second-order valence-electron chi connectivity index (χ2n) is 8.45. The van der Waals surface area contributed by atoms with E-state index in [0.717, 1.165) is 30.5 Å². The lowest BCUT2D eigenvalue weighted by Gasteiger charge is -2.11. The Morgan fingerprint density at radius 1 is 1.00 bits per heavy atom. The lowest BCUT2D eigenvalue weighted by Crippen LogP contribution is -2.12. The molecule has 2 aromatic carbocycles. The summed E-state index contributed by atoms with van der Waals surface area (Å²) in [5.74, 6) is -4.10. The number of ketones is 1. The minimum absolute atomic E-state index is 0.0104. The second-order valence-corrected chi connectivity index (χ2v) is 11.7. The molecule has 2 N–H and O–H groups in total. The predicted octanol–water partition coefficient (Wildman–Crippen LogP) is 4.81. The summed E-state index contributed by atoms with van der Waals surface area (Å²) in [7, 11) is -5.64. The molecule has 1 atom stereocenters. The van der Waals surface area contributed by atoms with Gasteiger partial charge in [0.05, 0.1) is 21.0 Å². The fourth-order valence-corrected chi connectivity index (χ4v) is 5.33. The number of hydrogen-bond acceptors (Lipinski definition) is 6. The Morgan fingerprint density at radius 2 is 1.77 bits per heavy atom. The Morgan fingerprint density at radius 3 is 2.51 bits per heavy atom. The van der Waals surface area contributed by atoms with Crippen LogP contribution in [0.4, 0.5) is 18.9 Å². The van der Waals surface area contributed by atoms with Crippen molar-refractivity contribution >= 4 is 43.3 Å². The molecule has 0 saturated carbocycles. The van der Waals surface area contributed by atoms with Crippen LogP contribution in [-0.4, -0.2) is 39.6 Å². The number of fused-ring (bicyclic) bond motifs is 1. The number of anilines is 1. The first kappa shape index (κ1) is 26.3. The number of H-pyrrole nitrogens is 1. The average Bonchev–Trinajstić information content (AvgIpc) is 3.33. The standard InChI is InChI=1S/C26H17F3N4O4S2/c1-39(36,37)18-7-14(10-30-12-18)15-8-19-20(13-32-26(19)31-11-15)25(34)23-21(28)5-6-22(24(23)29)33-38(35)17-4-2-3-16(27)9-17/h2-13,33H,1H3,(H,31,32). The van der Waals surface area contributed by atoms with Crippen molar-refractivity contribution in [2.24, 2.45) is 0 Å². The highest BCUT2D eigenvalue weighted by Crippen LogP contribution is 2.30. The number of carbonyl (C=O) groups is 1. The van der Waals surface area contributed by atoms with Crippen LogP contribution in [0.3, 0.4) is 0 Å². The van der Waals surface area contributed by atoms with E-state index in [4.69, 9.17) is 0 Å². The van der Waals surface area contributed by atoms with Gasteiger partial charge in [-0.05, 0) is 42.5 Å². The van der Waals surface area contributed by atoms with E-state index in [2.05, 4.69) is 19.7 Å². The third-order valence-electron chi connectivity index (χ3n) is 5.78. The number of pyridine rings is 2. The summed E-state index contributed by atoms with van der Waals surface area (Å²) in [6.07, 6.45) is 6.34. The maximum absolute atomic E-state index is 15.4. The largest absolute Gasteiger partial charge is 0.345 e. The van der Waals surface area contributed by atoms with Crippen LogP contribution in [0.15, 0.2) is 83.1 Å². The van der Waals surface area contributed by atoms with Gasteiger partial charge in [0.1, 0.15) is 28.3 Å². The molecular formula is C26H17F3N4O4S2. The van der Waals surface area contributed by atoms with Crippen molar-refractivity contribution in [3.63, 3.8) is 0 Å². The maximum atomic E-state index is 15.4. The molecule has 0 amide bonds. The highest BCUT2D eigenvalue weighted by atomic mass is 32.2. The zero-order valence-corrected chi connectivity index (χ0v) is 21.5. The molecule has 13 heteroatoms. The molecule has 3 aromatic heterocycles. The van der Waals surface area contributed by atoms with Crippen LogP contribution in [0.5, 0.6) is 0 Å². The molecule has 8 nitrogen and oxygen atoms in total. The zero-order chi connectivity index (χ0) is 27.9. The van der Waals surface area contributed by atoms with Crippen LogP contribution in [-0.2, 0) is 20.8 Å². The van der Waals surface area contributed by atoms with Gasteiger partial charge < -0.3 is 4.98 Å². The smallest absolute Gasteiger partial charge is 0.201 e. The van der Waals surface area contributed by atoms with Crippen LogP contribution in [0.1, 0.15) is 15.9 Å². The average molecular weight is 571 g/mol. The van der Waals surface area contributed by atoms with Crippen LogP contribution in [0.2, 0.25) is 0 Å². The van der Waals surface area contributed by atoms with Crippen molar-refractivity contribution in [2.45, 2.75) is 9.79 Å². The first-order valence-electron chi connectivity index (χ1n) is 11.1. The fraction of sp³-hybridized carbons (Fsp3) is 0.0385. The second kappa shape index (κ2) is 10.1. The summed E-state index contributed by atoms with van der Waals surface area (Å²) in [5, 5.41) is 0.225.